The third-order valence-electron chi connectivity index (χ3n) is 1.87. The standard InChI is InChI=1S/C9H9ClF3NS/c1-14(15)8(9(11,12)13)6-2-4-7(10)5-3-6/h2-5,8,15H,1H3. The highest BCUT2D eigenvalue weighted by atomic mass is 35.5. The first-order valence-corrected chi connectivity index (χ1v) is 4.84. The van der Waals surface area contributed by atoms with Crippen LogP contribution in [0.2, 0.25) is 5.02 Å². The molecule has 1 aromatic rings. The van der Waals surface area contributed by atoms with Gasteiger partial charge in [-0.05, 0) is 24.7 Å². The molecule has 0 aliphatic carbocycles. The van der Waals surface area contributed by atoms with E-state index in [4.69, 9.17) is 11.6 Å². The van der Waals surface area contributed by atoms with Crippen LogP contribution in [0.4, 0.5) is 13.2 Å². The van der Waals surface area contributed by atoms with E-state index in [1.54, 1.807) is 0 Å². The highest BCUT2D eigenvalue weighted by Crippen LogP contribution is 2.37. The second-order valence-corrected chi connectivity index (χ2v) is 4.14. The number of nitrogens with zero attached hydrogens (tertiary/aromatic N) is 1. The molecule has 1 rings (SSSR count). The molecule has 0 fully saturated rings. The van der Waals surface area contributed by atoms with Crippen LogP contribution in [0.15, 0.2) is 24.3 Å². The fourth-order valence-corrected chi connectivity index (χ4v) is 1.65. The van der Waals surface area contributed by atoms with E-state index in [1.807, 2.05) is 0 Å². The Morgan fingerprint density at radius 3 is 2.07 bits per heavy atom. The van der Waals surface area contributed by atoms with E-state index in [9.17, 15) is 13.2 Å². The molecule has 0 aliphatic rings. The Morgan fingerprint density at radius 2 is 1.73 bits per heavy atom. The number of benzene rings is 1. The van der Waals surface area contributed by atoms with Crippen molar-refractivity contribution in [3.63, 3.8) is 0 Å². The number of alkyl halides is 3. The molecule has 0 saturated carbocycles. The molecule has 1 atom stereocenters. The van der Waals surface area contributed by atoms with Gasteiger partial charge in [0.05, 0.1) is 0 Å². The Hall–Kier alpha value is -0.390. The van der Waals surface area contributed by atoms with E-state index in [0.717, 1.165) is 4.31 Å². The summed E-state index contributed by atoms with van der Waals surface area (Å²) < 4.78 is 38.7. The number of thiol groups is 1. The smallest absolute Gasteiger partial charge is 0.240 e. The highest BCUT2D eigenvalue weighted by molar-refractivity contribution is 7.77. The summed E-state index contributed by atoms with van der Waals surface area (Å²) in [4.78, 5) is 0. The molecule has 0 N–H and O–H groups in total. The van der Waals surface area contributed by atoms with E-state index in [-0.39, 0.29) is 5.56 Å². The molecular formula is C9H9ClF3NS. The second kappa shape index (κ2) is 4.63. The summed E-state index contributed by atoms with van der Waals surface area (Å²) in [6.07, 6.45) is -4.36. The molecule has 0 saturated heterocycles. The Balaban J connectivity index is 3.05. The maximum atomic E-state index is 12.6. The van der Waals surface area contributed by atoms with Crippen molar-refractivity contribution in [1.29, 1.82) is 0 Å². The molecule has 1 nitrogen and oxygen atoms in total. The molecule has 0 heterocycles. The summed E-state index contributed by atoms with van der Waals surface area (Å²) in [6.45, 7) is 0. The minimum absolute atomic E-state index is 0.115. The zero-order valence-electron chi connectivity index (χ0n) is 7.79. The maximum absolute atomic E-state index is 12.6. The van der Waals surface area contributed by atoms with Gasteiger partial charge in [0.2, 0.25) is 0 Å². The molecule has 1 unspecified atom stereocenters. The van der Waals surface area contributed by atoms with Crippen molar-refractivity contribution in [2.24, 2.45) is 0 Å². The Labute approximate surface area is 96.4 Å². The average Bonchev–Trinajstić information content (AvgIpc) is 2.05. The zero-order valence-corrected chi connectivity index (χ0v) is 9.44. The van der Waals surface area contributed by atoms with Crippen molar-refractivity contribution >= 4 is 24.4 Å². The minimum atomic E-state index is -4.36. The number of rotatable bonds is 2. The summed E-state index contributed by atoms with van der Waals surface area (Å²) in [5.74, 6) is 0. The van der Waals surface area contributed by atoms with Gasteiger partial charge in [-0.1, -0.05) is 36.5 Å². The average molecular weight is 256 g/mol. The lowest BCUT2D eigenvalue weighted by Gasteiger charge is -2.25. The van der Waals surface area contributed by atoms with Gasteiger partial charge < -0.3 is 0 Å². The van der Waals surface area contributed by atoms with E-state index >= 15 is 0 Å². The van der Waals surface area contributed by atoms with Gasteiger partial charge in [0.15, 0.2) is 0 Å². The van der Waals surface area contributed by atoms with Crippen LogP contribution >= 0.6 is 24.4 Å². The predicted octanol–water partition coefficient (Wildman–Crippen LogP) is 3.72. The van der Waals surface area contributed by atoms with E-state index in [1.165, 1.54) is 31.3 Å². The van der Waals surface area contributed by atoms with Crippen molar-refractivity contribution in [3.05, 3.63) is 34.9 Å². The van der Waals surface area contributed by atoms with Crippen molar-refractivity contribution < 1.29 is 13.2 Å². The molecule has 0 amide bonds. The Morgan fingerprint density at radius 1 is 1.27 bits per heavy atom. The van der Waals surface area contributed by atoms with Gasteiger partial charge in [-0.15, -0.1) is 0 Å². The summed E-state index contributed by atoms with van der Waals surface area (Å²) in [6, 6.07) is 3.80. The van der Waals surface area contributed by atoms with Gasteiger partial charge in [-0.2, -0.15) is 13.2 Å². The molecule has 0 radical (unpaired) electrons. The first-order valence-electron chi connectivity index (χ1n) is 4.06. The van der Waals surface area contributed by atoms with Crippen molar-refractivity contribution in [1.82, 2.24) is 4.31 Å². The van der Waals surface area contributed by atoms with E-state index in [0.29, 0.717) is 5.02 Å². The first kappa shape index (κ1) is 12.7. The van der Waals surface area contributed by atoms with Crippen LogP contribution in [0.3, 0.4) is 0 Å². The van der Waals surface area contributed by atoms with Crippen LogP contribution in [-0.4, -0.2) is 17.5 Å². The Bertz CT molecular complexity index is 323. The number of halogens is 4. The molecule has 0 aliphatic heterocycles. The monoisotopic (exact) mass is 255 g/mol. The molecular weight excluding hydrogens is 247 g/mol. The largest absolute Gasteiger partial charge is 0.408 e. The molecule has 0 bridgehead atoms. The molecule has 15 heavy (non-hydrogen) atoms. The summed E-state index contributed by atoms with van der Waals surface area (Å²) in [5, 5.41) is 0.404. The number of hydrogen-bond donors (Lipinski definition) is 1. The van der Waals surface area contributed by atoms with E-state index in [2.05, 4.69) is 12.8 Å². The van der Waals surface area contributed by atoms with Crippen LogP contribution in [-0.2, 0) is 0 Å². The van der Waals surface area contributed by atoms with Crippen molar-refractivity contribution in [3.8, 4) is 0 Å². The van der Waals surface area contributed by atoms with Gasteiger partial charge in [0.25, 0.3) is 0 Å². The SMILES string of the molecule is CN(S)C(c1ccc(Cl)cc1)C(F)(F)F. The van der Waals surface area contributed by atoms with Crippen molar-refractivity contribution in [2.45, 2.75) is 12.2 Å². The molecule has 0 aromatic heterocycles. The summed E-state index contributed by atoms with van der Waals surface area (Å²) in [7, 11) is 1.26. The van der Waals surface area contributed by atoms with Crippen LogP contribution < -0.4 is 0 Å². The quantitative estimate of drug-likeness (QED) is 0.789. The lowest BCUT2D eigenvalue weighted by Crippen LogP contribution is -2.30. The van der Waals surface area contributed by atoms with Gasteiger partial charge in [-0.3, -0.25) is 0 Å². The van der Waals surface area contributed by atoms with Gasteiger partial charge in [-0.25, -0.2) is 4.31 Å². The third-order valence-corrected chi connectivity index (χ3v) is 2.35. The van der Waals surface area contributed by atoms with Crippen LogP contribution in [0, 0.1) is 0 Å². The zero-order chi connectivity index (χ0) is 11.6. The molecule has 1 aromatic carbocycles. The third kappa shape index (κ3) is 3.29. The fraction of sp³-hybridized carbons (Fsp3) is 0.333. The topological polar surface area (TPSA) is 3.24 Å². The number of hydrogen-bond acceptors (Lipinski definition) is 2. The lowest BCUT2D eigenvalue weighted by molar-refractivity contribution is -0.169. The lowest BCUT2D eigenvalue weighted by atomic mass is 10.1. The van der Waals surface area contributed by atoms with Crippen LogP contribution in [0.25, 0.3) is 0 Å². The summed E-state index contributed by atoms with van der Waals surface area (Å²) >= 11 is 9.30. The first-order chi connectivity index (χ1) is 6.82. The minimum Gasteiger partial charge on any atom is -0.240 e. The van der Waals surface area contributed by atoms with E-state index < -0.39 is 12.2 Å². The molecule has 84 valence electrons. The highest BCUT2D eigenvalue weighted by Gasteiger charge is 2.42. The van der Waals surface area contributed by atoms with Gasteiger partial charge in [0.1, 0.15) is 6.04 Å². The normalized spacial score (nSPS) is 14.3. The van der Waals surface area contributed by atoms with Gasteiger partial charge >= 0.3 is 6.18 Å². The van der Waals surface area contributed by atoms with Crippen molar-refractivity contribution in [2.75, 3.05) is 7.05 Å². The maximum Gasteiger partial charge on any atom is 0.408 e. The van der Waals surface area contributed by atoms with Crippen LogP contribution in [0.1, 0.15) is 11.6 Å². The van der Waals surface area contributed by atoms with Gasteiger partial charge in [0, 0.05) is 5.02 Å². The Kier molecular flexibility index (Phi) is 3.92. The fourth-order valence-electron chi connectivity index (χ4n) is 1.26. The molecule has 6 heteroatoms. The second-order valence-electron chi connectivity index (χ2n) is 3.07. The predicted molar refractivity (Wildman–Crippen MR) is 57.0 cm³/mol. The molecule has 0 spiro atoms. The van der Waals surface area contributed by atoms with Crippen LogP contribution in [0.5, 0.6) is 0 Å². The summed E-state index contributed by atoms with van der Waals surface area (Å²) in [5.41, 5.74) is 0.115.